The monoisotopic (exact) mass is 266 g/mol. The summed E-state index contributed by atoms with van der Waals surface area (Å²) in [5.74, 6) is 1.74. The normalized spacial score (nSPS) is 23.9. The third-order valence-corrected chi connectivity index (χ3v) is 4.51. The fourth-order valence-electron chi connectivity index (χ4n) is 2.79. The average Bonchev–Trinajstić information content (AvgIpc) is 2.41. The lowest BCUT2D eigenvalue weighted by Crippen LogP contribution is -2.21. The average molecular weight is 267 g/mol. The van der Waals surface area contributed by atoms with Gasteiger partial charge >= 0.3 is 0 Å². The minimum absolute atomic E-state index is 0.634. The van der Waals surface area contributed by atoms with Crippen LogP contribution in [0, 0.1) is 11.8 Å². The zero-order chi connectivity index (χ0) is 13.0. The van der Waals surface area contributed by atoms with Crippen molar-refractivity contribution in [3.63, 3.8) is 0 Å². The molecular formula is C15H23ClN2. The van der Waals surface area contributed by atoms with Crippen LogP contribution in [-0.2, 0) is 0 Å². The van der Waals surface area contributed by atoms with Crippen LogP contribution in [0.1, 0.15) is 39.0 Å². The molecule has 0 aliphatic heterocycles. The molecule has 1 aromatic rings. The second-order valence-corrected chi connectivity index (χ2v) is 5.78. The van der Waals surface area contributed by atoms with Crippen LogP contribution < -0.4 is 11.1 Å². The summed E-state index contributed by atoms with van der Waals surface area (Å²) >= 11 is 6.01. The van der Waals surface area contributed by atoms with E-state index in [4.69, 9.17) is 17.3 Å². The largest absolute Gasteiger partial charge is 0.396 e. The Hall–Kier alpha value is -0.890. The van der Waals surface area contributed by atoms with Crippen LogP contribution in [0.15, 0.2) is 18.2 Å². The van der Waals surface area contributed by atoms with Gasteiger partial charge in [-0.05, 0) is 36.8 Å². The number of para-hydroxylation sites is 1. The number of benzene rings is 1. The van der Waals surface area contributed by atoms with Crippen molar-refractivity contribution in [1.29, 1.82) is 0 Å². The van der Waals surface area contributed by atoms with E-state index in [0.29, 0.717) is 10.7 Å². The first-order valence-electron chi connectivity index (χ1n) is 6.98. The highest BCUT2D eigenvalue weighted by atomic mass is 35.5. The lowest BCUT2D eigenvalue weighted by atomic mass is 9.81. The molecule has 0 unspecified atom stereocenters. The molecule has 2 nitrogen and oxygen atoms in total. The zero-order valence-electron chi connectivity index (χ0n) is 11.1. The molecule has 0 heterocycles. The van der Waals surface area contributed by atoms with Crippen LogP contribution in [-0.4, -0.2) is 6.54 Å². The van der Waals surface area contributed by atoms with Gasteiger partial charge in [0.2, 0.25) is 0 Å². The fraction of sp³-hybridized carbons (Fsp3) is 0.600. The molecule has 18 heavy (non-hydrogen) atoms. The van der Waals surface area contributed by atoms with Gasteiger partial charge in [0.25, 0.3) is 0 Å². The molecule has 0 amide bonds. The minimum Gasteiger partial charge on any atom is -0.396 e. The van der Waals surface area contributed by atoms with Crippen LogP contribution in [0.2, 0.25) is 5.02 Å². The van der Waals surface area contributed by atoms with E-state index in [1.165, 1.54) is 32.1 Å². The van der Waals surface area contributed by atoms with Crippen molar-refractivity contribution in [2.75, 3.05) is 17.6 Å². The summed E-state index contributed by atoms with van der Waals surface area (Å²) in [6, 6.07) is 5.77. The number of nitrogens with one attached hydrogen (secondary N) is 1. The predicted molar refractivity (Wildman–Crippen MR) is 80.1 cm³/mol. The van der Waals surface area contributed by atoms with E-state index in [1.807, 2.05) is 18.2 Å². The number of nitrogen functional groups attached to an aromatic ring is 1. The van der Waals surface area contributed by atoms with E-state index in [2.05, 4.69) is 12.2 Å². The van der Waals surface area contributed by atoms with Gasteiger partial charge in [0.05, 0.1) is 16.4 Å². The first-order chi connectivity index (χ1) is 8.70. The SMILES string of the molecule is CCC1CCC(CNc2cccc(Cl)c2N)CC1. The maximum absolute atomic E-state index is 6.01. The first kappa shape index (κ1) is 13.5. The summed E-state index contributed by atoms with van der Waals surface area (Å²) in [5.41, 5.74) is 7.59. The lowest BCUT2D eigenvalue weighted by molar-refractivity contribution is 0.278. The molecule has 1 fully saturated rings. The van der Waals surface area contributed by atoms with Crippen molar-refractivity contribution in [1.82, 2.24) is 0 Å². The first-order valence-corrected chi connectivity index (χ1v) is 7.36. The maximum Gasteiger partial charge on any atom is 0.0739 e. The maximum atomic E-state index is 6.01. The Morgan fingerprint density at radius 3 is 2.56 bits per heavy atom. The van der Waals surface area contributed by atoms with E-state index in [9.17, 15) is 0 Å². The Kier molecular flexibility index (Phi) is 4.76. The Morgan fingerprint density at radius 1 is 1.22 bits per heavy atom. The van der Waals surface area contributed by atoms with Gasteiger partial charge < -0.3 is 11.1 Å². The third-order valence-electron chi connectivity index (χ3n) is 4.18. The van der Waals surface area contributed by atoms with E-state index in [1.54, 1.807) is 0 Å². The molecule has 1 saturated carbocycles. The number of rotatable bonds is 4. The van der Waals surface area contributed by atoms with Crippen LogP contribution in [0.25, 0.3) is 0 Å². The second kappa shape index (κ2) is 6.33. The van der Waals surface area contributed by atoms with Gasteiger partial charge in [-0.3, -0.25) is 0 Å². The van der Waals surface area contributed by atoms with Crippen molar-refractivity contribution < 1.29 is 0 Å². The van der Waals surface area contributed by atoms with Crippen LogP contribution in [0.5, 0.6) is 0 Å². The Labute approximate surface area is 115 Å². The van der Waals surface area contributed by atoms with Gasteiger partial charge in [-0.15, -0.1) is 0 Å². The Bertz CT molecular complexity index is 384. The molecule has 3 heteroatoms. The van der Waals surface area contributed by atoms with Crippen LogP contribution in [0.4, 0.5) is 11.4 Å². The fourth-order valence-corrected chi connectivity index (χ4v) is 2.96. The molecule has 3 N–H and O–H groups in total. The van der Waals surface area contributed by atoms with Crippen molar-refractivity contribution >= 4 is 23.0 Å². The summed E-state index contributed by atoms with van der Waals surface area (Å²) in [6.07, 6.45) is 6.78. The standard InChI is InChI=1S/C15H23ClN2/c1-2-11-6-8-12(9-7-11)10-18-14-5-3-4-13(16)15(14)17/h3-5,11-12,18H,2,6-10,17H2,1H3. The molecule has 0 bridgehead atoms. The Balaban J connectivity index is 1.83. The molecule has 0 spiro atoms. The highest BCUT2D eigenvalue weighted by Gasteiger charge is 2.19. The number of anilines is 2. The zero-order valence-corrected chi connectivity index (χ0v) is 11.8. The number of hydrogen-bond acceptors (Lipinski definition) is 2. The van der Waals surface area contributed by atoms with Crippen molar-refractivity contribution in [2.45, 2.75) is 39.0 Å². The summed E-state index contributed by atoms with van der Waals surface area (Å²) in [6.45, 7) is 3.32. The van der Waals surface area contributed by atoms with Gasteiger partial charge in [-0.25, -0.2) is 0 Å². The quantitative estimate of drug-likeness (QED) is 0.785. The highest BCUT2D eigenvalue weighted by molar-refractivity contribution is 6.33. The topological polar surface area (TPSA) is 38.0 Å². The predicted octanol–water partition coefficient (Wildman–Crippen LogP) is 4.55. The van der Waals surface area contributed by atoms with Gasteiger partial charge in [-0.1, -0.05) is 43.9 Å². The summed E-state index contributed by atoms with van der Waals surface area (Å²) in [4.78, 5) is 0. The lowest BCUT2D eigenvalue weighted by Gasteiger charge is -2.28. The molecule has 0 radical (unpaired) electrons. The number of halogens is 1. The van der Waals surface area contributed by atoms with Crippen molar-refractivity contribution in [3.05, 3.63) is 23.2 Å². The number of hydrogen-bond donors (Lipinski definition) is 2. The van der Waals surface area contributed by atoms with Crippen LogP contribution >= 0.6 is 11.6 Å². The minimum atomic E-state index is 0.634. The molecule has 1 aliphatic rings. The summed E-state index contributed by atoms with van der Waals surface area (Å²) in [5, 5.41) is 4.08. The molecule has 1 aliphatic carbocycles. The van der Waals surface area contributed by atoms with Crippen molar-refractivity contribution in [3.8, 4) is 0 Å². The molecular weight excluding hydrogens is 244 g/mol. The summed E-state index contributed by atoms with van der Waals surface area (Å²) < 4.78 is 0. The summed E-state index contributed by atoms with van der Waals surface area (Å²) in [7, 11) is 0. The molecule has 0 atom stereocenters. The van der Waals surface area contributed by atoms with E-state index in [-0.39, 0.29) is 0 Å². The van der Waals surface area contributed by atoms with E-state index < -0.39 is 0 Å². The van der Waals surface area contributed by atoms with E-state index in [0.717, 1.165) is 24.1 Å². The van der Waals surface area contributed by atoms with Gasteiger partial charge in [-0.2, -0.15) is 0 Å². The molecule has 100 valence electrons. The molecule has 0 saturated heterocycles. The van der Waals surface area contributed by atoms with Gasteiger partial charge in [0, 0.05) is 6.54 Å². The van der Waals surface area contributed by atoms with Crippen molar-refractivity contribution in [2.24, 2.45) is 11.8 Å². The molecule has 2 rings (SSSR count). The smallest absolute Gasteiger partial charge is 0.0739 e. The van der Waals surface area contributed by atoms with Gasteiger partial charge in [0.15, 0.2) is 0 Å². The highest BCUT2D eigenvalue weighted by Crippen LogP contribution is 2.32. The van der Waals surface area contributed by atoms with E-state index >= 15 is 0 Å². The third kappa shape index (κ3) is 3.32. The number of nitrogens with two attached hydrogens (primary N) is 1. The van der Waals surface area contributed by atoms with Crippen LogP contribution in [0.3, 0.4) is 0 Å². The second-order valence-electron chi connectivity index (χ2n) is 5.38. The Morgan fingerprint density at radius 2 is 1.89 bits per heavy atom. The van der Waals surface area contributed by atoms with Gasteiger partial charge in [0.1, 0.15) is 0 Å². The molecule has 0 aromatic heterocycles. The molecule has 1 aromatic carbocycles.